The molecule has 0 radical (unpaired) electrons. The van der Waals surface area contributed by atoms with Gasteiger partial charge in [0.1, 0.15) is 11.5 Å². The number of halogens is 1. The van der Waals surface area contributed by atoms with Crippen LogP contribution in [0.25, 0.3) is 11.0 Å². The molecular formula is C22H21FN4O3. The third-order valence-corrected chi connectivity index (χ3v) is 6.16. The predicted molar refractivity (Wildman–Crippen MR) is 109 cm³/mol. The minimum absolute atomic E-state index is 0.0456. The van der Waals surface area contributed by atoms with E-state index in [0.29, 0.717) is 5.65 Å². The molecule has 30 heavy (non-hydrogen) atoms. The summed E-state index contributed by atoms with van der Waals surface area (Å²) in [4.78, 5) is 44.2. The quantitative estimate of drug-likeness (QED) is 0.694. The lowest BCUT2D eigenvalue weighted by Gasteiger charge is -2.31. The van der Waals surface area contributed by atoms with Gasteiger partial charge in [0.15, 0.2) is 0 Å². The number of rotatable bonds is 4. The summed E-state index contributed by atoms with van der Waals surface area (Å²) in [6.07, 6.45) is 6.57. The minimum atomic E-state index is -0.570. The van der Waals surface area contributed by atoms with Gasteiger partial charge in [-0.15, -0.1) is 0 Å². The van der Waals surface area contributed by atoms with Gasteiger partial charge in [0.25, 0.3) is 11.5 Å². The number of carbonyl (C=O) groups is 1. The minimum Gasteiger partial charge on any atom is -0.342 e. The number of aromatic nitrogens is 3. The van der Waals surface area contributed by atoms with E-state index in [2.05, 4.69) is 15.3 Å². The molecule has 7 nitrogen and oxygen atoms in total. The Morgan fingerprint density at radius 3 is 2.53 bits per heavy atom. The van der Waals surface area contributed by atoms with Crippen molar-refractivity contribution in [3.05, 3.63) is 74.3 Å². The zero-order valence-electron chi connectivity index (χ0n) is 16.3. The SMILES string of the molecule is O=C(NC1(c2ccc(F)cc2)CCCC1)c1cnc2c(c1)c(=O)[nH]c(=O)n2C1CC1. The van der Waals surface area contributed by atoms with E-state index in [-0.39, 0.29) is 28.7 Å². The first kappa shape index (κ1) is 18.7. The van der Waals surface area contributed by atoms with Crippen molar-refractivity contribution >= 4 is 16.9 Å². The summed E-state index contributed by atoms with van der Waals surface area (Å²) in [5, 5.41) is 3.33. The number of amides is 1. The Labute approximate surface area is 171 Å². The van der Waals surface area contributed by atoms with Crippen LogP contribution in [0.3, 0.4) is 0 Å². The summed E-state index contributed by atoms with van der Waals surface area (Å²) in [6.45, 7) is 0. The molecule has 2 N–H and O–H groups in total. The van der Waals surface area contributed by atoms with Crippen molar-refractivity contribution in [3.8, 4) is 0 Å². The van der Waals surface area contributed by atoms with Crippen molar-refractivity contribution < 1.29 is 9.18 Å². The Balaban J connectivity index is 1.52. The number of fused-ring (bicyclic) bond motifs is 1. The van der Waals surface area contributed by atoms with Crippen LogP contribution in [0.15, 0.2) is 46.1 Å². The van der Waals surface area contributed by atoms with Crippen molar-refractivity contribution in [3.63, 3.8) is 0 Å². The first-order valence-electron chi connectivity index (χ1n) is 10.2. The third-order valence-electron chi connectivity index (χ3n) is 6.16. The number of pyridine rings is 1. The van der Waals surface area contributed by atoms with Crippen LogP contribution >= 0.6 is 0 Å². The van der Waals surface area contributed by atoms with Gasteiger partial charge >= 0.3 is 5.69 Å². The molecule has 0 saturated heterocycles. The highest BCUT2D eigenvalue weighted by Gasteiger charge is 2.37. The normalized spacial score (nSPS) is 17.9. The van der Waals surface area contributed by atoms with E-state index in [1.54, 1.807) is 12.1 Å². The molecule has 2 saturated carbocycles. The molecule has 0 atom stereocenters. The molecule has 1 amide bonds. The van der Waals surface area contributed by atoms with Gasteiger partial charge in [-0.1, -0.05) is 25.0 Å². The smallest absolute Gasteiger partial charge is 0.330 e. The van der Waals surface area contributed by atoms with Crippen LogP contribution in [-0.4, -0.2) is 20.4 Å². The zero-order valence-corrected chi connectivity index (χ0v) is 16.3. The van der Waals surface area contributed by atoms with E-state index < -0.39 is 16.8 Å². The average molecular weight is 408 g/mol. The van der Waals surface area contributed by atoms with E-state index in [4.69, 9.17) is 0 Å². The molecular weight excluding hydrogens is 387 g/mol. The highest BCUT2D eigenvalue weighted by molar-refractivity contribution is 5.97. The Morgan fingerprint density at radius 1 is 1.17 bits per heavy atom. The fraction of sp³-hybridized carbons (Fsp3) is 0.364. The van der Waals surface area contributed by atoms with Gasteiger partial charge in [-0.25, -0.2) is 14.2 Å². The summed E-state index contributed by atoms with van der Waals surface area (Å²) in [7, 11) is 0. The van der Waals surface area contributed by atoms with Crippen LogP contribution < -0.4 is 16.6 Å². The number of hydrogen-bond acceptors (Lipinski definition) is 4. The van der Waals surface area contributed by atoms with Crippen LogP contribution in [0.4, 0.5) is 4.39 Å². The highest BCUT2D eigenvalue weighted by Crippen LogP contribution is 2.39. The lowest BCUT2D eigenvalue weighted by atomic mass is 9.87. The largest absolute Gasteiger partial charge is 0.342 e. The van der Waals surface area contributed by atoms with Gasteiger partial charge in [-0.05, 0) is 49.4 Å². The molecule has 154 valence electrons. The molecule has 2 heterocycles. The van der Waals surface area contributed by atoms with Crippen LogP contribution in [0.5, 0.6) is 0 Å². The summed E-state index contributed by atoms with van der Waals surface area (Å²) >= 11 is 0. The van der Waals surface area contributed by atoms with Crippen LogP contribution in [-0.2, 0) is 5.54 Å². The molecule has 0 spiro atoms. The van der Waals surface area contributed by atoms with E-state index in [1.165, 1.54) is 29.0 Å². The van der Waals surface area contributed by atoms with Gasteiger partial charge in [-0.3, -0.25) is 19.1 Å². The van der Waals surface area contributed by atoms with Gasteiger partial charge in [0.05, 0.1) is 16.5 Å². The fourth-order valence-electron chi connectivity index (χ4n) is 4.46. The molecule has 0 bridgehead atoms. The first-order valence-corrected chi connectivity index (χ1v) is 10.2. The van der Waals surface area contributed by atoms with Crippen molar-refractivity contribution in [2.45, 2.75) is 50.1 Å². The van der Waals surface area contributed by atoms with E-state index in [1.807, 2.05) is 0 Å². The van der Waals surface area contributed by atoms with E-state index in [9.17, 15) is 18.8 Å². The third kappa shape index (κ3) is 3.12. The Bertz CT molecular complexity index is 1250. The number of nitrogens with zero attached hydrogens (tertiary/aromatic N) is 2. The van der Waals surface area contributed by atoms with Crippen molar-refractivity contribution in [2.24, 2.45) is 0 Å². The maximum atomic E-state index is 13.4. The number of carbonyl (C=O) groups excluding carboxylic acids is 1. The standard InChI is InChI=1S/C22H21FN4O3/c23-15-5-3-14(4-6-15)22(9-1-2-10-22)26-19(28)13-11-17-18(24-12-13)27(16-7-8-16)21(30)25-20(17)29/h3-6,11-12,16H,1-2,7-10H2,(H,26,28)(H,25,29,30). The second kappa shape index (κ2) is 6.90. The van der Waals surface area contributed by atoms with Gasteiger partial charge in [0.2, 0.25) is 0 Å². The van der Waals surface area contributed by atoms with E-state index in [0.717, 1.165) is 44.1 Å². The molecule has 2 aliphatic carbocycles. The second-order valence-corrected chi connectivity index (χ2v) is 8.21. The van der Waals surface area contributed by atoms with Gasteiger partial charge in [-0.2, -0.15) is 0 Å². The molecule has 2 aliphatic rings. The summed E-state index contributed by atoms with van der Waals surface area (Å²) in [5.41, 5.74) is -0.175. The Hall–Kier alpha value is -3.29. The lowest BCUT2D eigenvalue weighted by Crippen LogP contribution is -2.44. The molecule has 5 rings (SSSR count). The number of hydrogen-bond donors (Lipinski definition) is 2. The summed E-state index contributed by atoms with van der Waals surface area (Å²) < 4.78 is 14.9. The molecule has 3 aromatic rings. The molecule has 0 unspecified atom stereocenters. The van der Waals surface area contributed by atoms with Crippen LogP contribution in [0.1, 0.15) is 60.5 Å². The maximum absolute atomic E-state index is 13.4. The molecule has 0 aliphatic heterocycles. The number of H-pyrrole nitrogens is 1. The van der Waals surface area contributed by atoms with Crippen molar-refractivity contribution in [1.29, 1.82) is 0 Å². The summed E-state index contributed by atoms with van der Waals surface area (Å²) in [6, 6.07) is 7.75. The predicted octanol–water partition coefficient (Wildman–Crippen LogP) is 2.76. The molecule has 1 aromatic carbocycles. The fourth-order valence-corrected chi connectivity index (χ4v) is 4.46. The topological polar surface area (TPSA) is 96.8 Å². The zero-order chi connectivity index (χ0) is 20.9. The van der Waals surface area contributed by atoms with E-state index >= 15 is 0 Å². The van der Waals surface area contributed by atoms with Crippen LogP contribution in [0.2, 0.25) is 0 Å². The average Bonchev–Trinajstić information content (AvgIpc) is 3.45. The van der Waals surface area contributed by atoms with Crippen LogP contribution in [0, 0.1) is 5.82 Å². The summed E-state index contributed by atoms with van der Waals surface area (Å²) in [5.74, 6) is -0.669. The van der Waals surface area contributed by atoms with Gasteiger partial charge < -0.3 is 5.32 Å². The molecule has 2 aromatic heterocycles. The number of benzene rings is 1. The monoisotopic (exact) mass is 408 g/mol. The van der Waals surface area contributed by atoms with Crippen molar-refractivity contribution in [2.75, 3.05) is 0 Å². The lowest BCUT2D eigenvalue weighted by molar-refractivity contribution is 0.0898. The Kier molecular flexibility index (Phi) is 4.30. The van der Waals surface area contributed by atoms with Crippen molar-refractivity contribution in [1.82, 2.24) is 19.9 Å². The first-order chi connectivity index (χ1) is 14.5. The number of aromatic amines is 1. The van der Waals surface area contributed by atoms with Gasteiger partial charge in [0, 0.05) is 12.2 Å². The number of nitrogens with one attached hydrogen (secondary N) is 2. The molecule has 2 fully saturated rings. The second-order valence-electron chi connectivity index (χ2n) is 8.21. The Morgan fingerprint density at radius 2 is 1.87 bits per heavy atom. The highest BCUT2D eigenvalue weighted by atomic mass is 19.1. The maximum Gasteiger partial charge on any atom is 0.330 e. The molecule has 8 heteroatoms.